The third kappa shape index (κ3) is 3.45. The Hall–Kier alpha value is -2.30. The summed E-state index contributed by atoms with van der Waals surface area (Å²) < 4.78 is 7.57. The number of nitrogens with one attached hydrogen (secondary N) is 1. The first-order chi connectivity index (χ1) is 11.6. The Morgan fingerprint density at radius 3 is 3.00 bits per heavy atom. The summed E-state index contributed by atoms with van der Waals surface area (Å²) in [6.07, 6.45) is 5.72. The molecule has 128 valence electrons. The predicted octanol–water partition coefficient (Wildman–Crippen LogP) is 3.21. The van der Waals surface area contributed by atoms with E-state index in [1.165, 1.54) is 5.56 Å². The zero-order valence-electron chi connectivity index (χ0n) is 14.6. The minimum Gasteiger partial charge on any atom is -0.493 e. The Kier molecular flexibility index (Phi) is 4.88. The van der Waals surface area contributed by atoms with E-state index in [0.717, 1.165) is 36.6 Å². The number of carbonyl (C=O) groups is 1. The summed E-state index contributed by atoms with van der Waals surface area (Å²) in [5, 5.41) is 3.03. The summed E-state index contributed by atoms with van der Waals surface area (Å²) in [5.41, 5.74) is 2.34. The molecule has 0 bridgehead atoms. The number of aryl methyl sites for hydroxylation is 1. The number of nitrogens with zero attached hydrogens (tertiary/aromatic N) is 2. The second kappa shape index (κ2) is 7.07. The zero-order chi connectivity index (χ0) is 17.1. The van der Waals surface area contributed by atoms with Gasteiger partial charge in [0.05, 0.1) is 6.61 Å². The van der Waals surface area contributed by atoms with Crippen molar-refractivity contribution < 1.29 is 9.53 Å². The molecular formula is C19H25N3O2. The molecule has 2 aromatic rings. The third-order valence-electron chi connectivity index (χ3n) is 4.45. The number of aromatic nitrogens is 2. The van der Waals surface area contributed by atoms with E-state index in [2.05, 4.69) is 30.2 Å². The molecule has 3 rings (SSSR count). The number of hydrogen-bond donors (Lipinski definition) is 1. The van der Waals surface area contributed by atoms with Gasteiger partial charge < -0.3 is 14.6 Å². The van der Waals surface area contributed by atoms with Gasteiger partial charge in [-0.15, -0.1) is 0 Å². The van der Waals surface area contributed by atoms with Gasteiger partial charge >= 0.3 is 0 Å². The highest BCUT2D eigenvalue weighted by atomic mass is 16.5. The minimum absolute atomic E-state index is 0.00358. The fraction of sp³-hybridized carbons (Fsp3) is 0.474. The fourth-order valence-corrected chi connectivity index (χ4v) is 3.09. The van der Waals surface area contributed by atoms with Gasteiger partial charge in [-0.3, -0.25) is 4.79 Å². The summed E-state index contributed by atoms with van der Waals surface area (Å²) >= 11 is 0. The molecule has 0 spiro atoms. The standard InChI is InChI=1S/C19H25N3O2/c1-13(2)18-20-8-9-22(18)14(3)19(23)21-12-15-6-7-17-16(11-15)5-4-10-24-17/h6-9,11,13-14H,4-5,10,12H2,1-3H3,(H,21,23). The van der Waals surface area contributed by atoms with Crippen LogP contribution in [0.1, 0.15) is 56.1 Å². The van der Waals surface area contributed by atoms with Crippen LogP contribution in [-0.4, -0.2) is 22.1 Å². The summed E-state index contributed by atoms with van der Waals surface area (Å²) in [6, 6.07) is 5.89. The van der Waals surface area contributed by atoms with E-state index in [1.54, 1.807) is 6.20 Å². The first-order valence-corrected chi connectivity index (χ1v) is 8.61. The molecule has 2 heterocycles. The van der Waals surface area contributed by atoms with Crippen LogP contribution in [0.4, 0.5) is 0 Å². The normalized spacial score (nSPS) is 14.8. The van der Waals surface area contributed by atoms with Crippen molar-refractivity contribution in [2.24, 2.45) is 0 Å². The molecule has 0 aliphatic carbocycles. The van der Waals surface area contributed by atoms with Gasteiger partial charge in [0, 0.05) is 24.9 Å². The quantitative estimate of drug-likeness (QED) is 0.917. The van der Waals surface area contributed by atoms with Gasteiger partial charge in [-0.2, -0.15) is 0 Å². The molecule has 0 saturated heterocycles. The van der Waals surface area contributed by atoms with Crippen LogP contribution in [0, 0.1) is 0 Å². The Bertz CT molecular complexity index is 721. The van der Waals surface area contributed by atoms with Gasteiger partial charge in [0.25, 0.3) is 0 Å². The van der Waals surface area contributed by atoms with Crippen LogP contribution in [-0.2, 0) is 17.8 Å². The number of hydrogen-bond acceptors (Lipinski definition) is 3. The maximum absolute atomic E-state index is 12.5. The SMILES string of the molecule is CC(C)c1nccn1C(C)C(=O)NCc1ccc2c(c1)CCCO2. The van der Waals surface area contributed by atoms with Gasteiger partial charge in [0.1, 0.15) is 17.6 Å². The van der Waals surface area contributed by atoms with Crippen molar-refractivity contribution in [2.75, 3.05) is 6.61 Å². The highest BCUT2D eigenvalue weighted by Gasteiger charge is 2.19. The number of amides is 1. The molecule has 1 aliphatic rings. The van der Waals surface area contributed by atoms with Crippen LogP contribution in [0.15, 0.2) is 30.6 Å². The van der Waals surface area contributed by atoms with Gasteiger partial charge in [0.15, 0.2) is 0 Å². The van der Waals surface area contributed by atoms with Crippen LogP contribution in [0.3, 0.4) is 0 Å². The number of benzene rings is 1. The molecule has 5 nitrogen and oxygen atoms in total. The first kappa shape index (κ1) is 16.6. The minimum atomic E-state index is -0.272. The molecule has 24 heavy (non-hydrogen) atoms. The number of imidazole rings is 1. The first-order valence-electron chi connectivity index (χ1n) is 8.61. The maximum Gasteiger partial charge on any atom is 0.243 e. The molecular weight excluding hydrogens is 302 g/mol. The van der Waals surface area contributed by atoms with Crippen molar-refractivity contribution in [3.05, 3.63) is 47.5 Å². The smallest absolute Gasteiger partial charge is 0.243 e. The summed E-state index contributed by atoms with van der Waals surface area (Å²) in [4.78, 5) is 16.8. The van der Waals surface area contributed by atoms with Crippen molar-refractivity contribution in [3.8, 4) is 5.75 Å². The van der Waals surface area contributed by atoms with E-state index in [1.807, 2.05) is 29.8 Å². The lowest BCUT2D eigenvalue weighted by Gasteiger charge is -2.19. The van der Waals surface area contributed by atoms with E-state index in [-0.39, 0.29) is 17.9 Å². The maximum atomic E-state index is 12.5. The van der Waals surface area contributed by atoms with E-state index in [9.17, 15) is 4.79 Å². The topological polar surface area (TPSA) is 56.2 Å². The highest BCUT2D eigenvalue weighted by molar-refractivity contribution is 5.80. The molecule has 1 N–H and O–H groups in total. The van der Waals surface area contributed by atoms with Crippen molar-refractivity contribution in [1.29, 1.82) is 0 Å². The Labute approximate surface area is 143 Å². The van der Waals surface area contributed by atoms with E-state index >= 15 is 0 Å². The van der Waals surface area contributed by atoms with E-state index in [0.29, 0.717) is 6.54 Å². The molecule has 0 saturated carbocycles. The zero-order valence-corrected chi connectivity index (χ0v) is 14.6. The van der Waals surface area contributed by atoms with Crippen molar-refractivity contribution in [1.82, 2.24) is 14.9 Å². The van der Waals surface area contributed by atoms with Crippen LogP contribution in [0.2, 0.25) is 0 Å². The molecule has 1 unspecified atom stereocenters. The van der Waals surface area contributed by atoms with Crippen LogP contribution in [0.25, 0.3) is 0 Å². The lowest BCUT2D eigenvalue weighted by molar-refractivity contribution is -0.124. The molecule has 0 radical (unpaired) electrons. The molecule has 1 atom stereocenters. The largest absolute Gasteiger partial charge is 0.493 e. The van der Waals surface area contributed by atoms with Crippen molar-refractivity contribution in [3.63, 3.8) is 0 Å². The second-order valence-corrected chi connectivity index (χ2v) is 6.64. The lowest BCUT2D eigenvalue weighted by atomic mass is 10.0. The van der Waals surface area contributed by atoms with Gasteiger partial charge in [-0.05, 0) is 37.0 Å². The number of ether oxygens (including phenoxy) is 1. The summed E-state index contributed by atoms with van der Waals surface area (Å²) in [7, 11) is 0. The van der Waals surface area contributed by atoms with Crippen molar-refractivity contribution >= 4 is 5.91 Å². The third-order valence-corrected chi connectivity index (χ3v) is 4.45. The van der Waals surface area contributed by atoms with Crippen LogP contribution >= 0.6 is 0 Å². The van der Waals surface area contributed by atoms with E-state index < -0.39 is 0 Å². The monoisotopic (exact) mass is 327 g/mol. The molecule has 0 fully saturated rings. The Morgan fingerprint density at radius 2 is 2.21 bits per heavy atom. The highest BCUT2D eigenvalue weighted by Crippen LogP contribution is 2.25. The molecule has 1 aromatic carbocycles. The molecule has 1 amide bonds. The summed E-state index contributed by atoms with van der Waals surface area (Å²) in [5.74, 6) is 2.20. The number of fused-ring (bicyclic) bond motifs is 1. The van der Waals surface area contributed by atoms with E-state index in [4.69, 9.17) is 4.74 Å². The van der Waals surface area contributed by atoms with Crippen LogP contribution < -0.4 is 10.1 Å². The average molecular weight is 327 g/mol. The molecule has 1 aliphatic heterocycles. The van der Waals surface area contributed by atoms with Crippen molar-refractivity contribution in [2.45, 2.75) is 52.1 Å². The number of carbonyl (C=O) groups excluding carboxylic acids is 1. The number of rotatable bonds is 5. The van der Waals surface area contributed by atoms with Gasteiger partial charge in [0.2, 0.25) is 5.91 Å². The van der Waals surface area contributed by atoms with Gasteiger partial charge in [-0.1, -0.05) is 26.0 Å². The Balaban J connectivity index is 1.64. The second-order valence-electron chi connectivity index (χ2n) is 6.64. The van der Waals surface area contributed by atoms with Crippen LogP contribution in [0.5, 0.6) is 5.75 Å². The molecule has 1 aromatic heterocycles. The van der Waals surface area contributed by atoms with Gasteiger partial charge in [-0.25, -0.2) is 4.98 Å². The fourth-order valence-electron chi connectivity index (χ4n) is 3.09. The Morgan fingerprint density at radius 1 is 1.38 bits per heavy atom. The molecule has 5 heteroatoms. The summed E-state index contributed by atoms with van der Waals surface area (Å²) in [6.45, 7) is 7.40. The predicted molar refractivity (Wildman–Crippen MR) is 93.1 cm³/mol. The average Bonchev–Trinajstić information content (AvgIpc) is 3.08. The lowest BCUT2D eigenvalue weighted by Crippen LogP contribution is -2.31.